The Balaban J connectivity index is 0.000000160. The predicted octanol–water partition coefficient (Wildman–Crippen LogP) is 11.9. The SMILES string of the molecule is C[Si](C)(C)c1ccc(-c2[c-]ccc3c2oc2cc(F)ccc23)nc1.Cc1cnc(-c2[c-]cc3sc4ccccc4c3c2)cc1Cc1ccccc1.[Ir]. The first-order valence-corrected chi connectivity index (χ1v) is 21.3. The molecule has 0 spiro atoms. The Morgan fingerprint density at radius 1 is 0.731 bits per heavy atom. The van der Waals surface area contributed by atoms with E-state index in [4.69, 9.17) is 9.40 Å². The van der Waals surface area contributed by atoms with Gasteiger partial charge in [0.05, 0.1) is 13.7 Å². The minimum absolute atomic E-state index is 0. The number of hydrogen-bond acceptors (Lipinski definition) is 4. The Bertz CT molecular complexity index is 2680. The van der Waals surface area contributed by atoms with Gasteiger partial charge >= 0.3 is 0 Å². The first-order valence-electron chi connectivity index (χ1n) is 17.0. The Kier molecular flexibility index (Phi) is 10.1. The second kappa shape index (κ2) is 14.7. The first-order chi connectivity index (χ1) is 24.7. The van der Waals surface area contributed by atoms with Crippen LogP contribution in [0.4, 0.5) is 4.39 Å². The Morgan fingerprint density at radius 3 is 2.31 bits per heavy atom. The van der Waals surface area contributed by atoms with Crippen LogP contribution in [0.2, 0.25) is 19.6 Å². The van der Waals surface area contributed by atoms with E-state index in [9.17, 15) is 4.39 Å². The minimum Gasteiger partial charge on any atom is -0.500 e. The van der Waals surface area contributed by atoms with Gasteiger partial charge in [-0.15, -0.1) is 42.0 Å². The van der Waals surface area contributed by atoms with Gasteiger partial charge in [0, 0.05) is 48.7 Å². The number of rotatable bonds is 5. The van der Waals surface area contributed by atoms with Crippen molar-refractivity contribution in [2.75, 3.05) is 0 Å². The number of pyridine rings is 2. The van der Waals surface area contributed by atoms with Gasteiger partial charge < -0.3 is 14.4 Å². The van der Waals surface area contributed by atoms with Crippen LogP contribution in [0.15, 0.2) is 132 Å². The molecule has 52 heavy (non-hydrogen) atoms. The quantitative estimate of drug-likeness (QED) is 0.128. The molecule has 3 nitrogen and oxygen atoms in total. The van der Waals surface area contributed by atoms with Gasteiger partial charge in [-0.05, 0) is 74.9 Å². The van der Waals surface area contributed by atoms with Gasteiger partial charge in [0.15, 0.2) is 0 Å². The maximum Gasteiger partial charge on any atom is 0.126 e. The second-order valence-corrected chi connectivity index (χ2v) is 20.1. The smallest absolute Gasteiger partial charge is 0.126 e. The molecule has 0 amide bonds. The van der Waals surface area contributed by atoms with Crippen molar-refractivity contribution in [1.82, 2.24) is 9.97 Å². The summed E-state index contributed by atoms with van der Waals surface area (Å²) < 4.78 is 22.0. The Labute approximate surface area is 321 Å². The summed E-state index contributed by atoms with van der Waals surface area (Å²) in [4.78, 5) is 9.32. The van der Waals surface area contributed by atoms with Crippen molar-refractivity contribution in [3.63, 3.8) is 0 Å². The molecule has 0 saturated carbocycles. The van der Waals surface area contributed by atoms with Crippen LogP contribution in [-0.4, -0.2) is 18.0 Å². The summed E-state index contributed by atoms with van der Waals surface area (Å²) in [6.07, 6.45) is 4.86. The number of thiophene rings is 1. The molecule has 0 N–H and O–H groups in total. The molecule has 0 aliphatic heterocycles. The second-order valence-electron chi connectivity index (χ2n) is 13.9. The maximum absolute atomic E-state index is 13.5. The fourth-order valence-electron chi connectivity index (χ4n) is 6.43. The molecule has 0 aliphatic rings. The molecule has 5 aromatic carbocycles. The number of fused-ring (bicyclic) bond motifs is 6. The minimum atomic E-state index is -1.38. The summed E-state index contributed by atoms with van der Waals surface area (Å²) in [5.41, 5.74) is 8.79. The van der Waals surface area contributed by atoms with Crippen molar-refractivity contribution in [2.45, 2.75) is 33.0 Å². The van der Waals surface area contributed by atoms with Gasteiger partial charge in [0.2, 0.25) is 0 Å². The van der Waals surface area contributed by atoms with Gasteiger partial charge in [-0.3, -0.25) is 0 Å². The third kappa shape index (κ3) is 7.15. The average molecular weight is 891 g/mol. The van der Waals surface area contributed by atoms with Gasteiger partial charge in [0.25, 0.3) is 0 Å². The third-order valence-electron chi connectivity index (χ3n) is 9.32. The van der Waals surface area contributed by atoms with E-state index < -0.39 is 8.07 Å². The fraction of sp³-hybridized carbons (Fsp3) is 0.111. The number of halogens is 1. The molecule has 0 bridgehead atoms. The van der Waals surface area contributed by atoms with Crippen LogP contribution in [0.25, 0.3) is 64.6 Å². The zero-order valence-corrected chi connectivity index (χ0v) is 33.5. The molecule has 0 aliphatic carbocycles. The predicted molar refractivity (Wildman–Crippen MR) is 214 cm³/mol. The number of furan rings is 1. The Hall–Kier alpha value is -4.78. The summed E-state index contributed by atoms with van der Waals surface area (Å²) in [6.45, 7) is 9.02. The van der Waals surface area contributed by atoms with Crippen LogP contribution < -0.4 is 5.19 Å². The summed E-state index contributed by atoms with van der Waals surface area (Å²) in [5, 5.41) is 5.76. The van der Waals surface area contributed by atoms with E-state index in [1.165, 1.54) is 54.2 Å². The van der Waals surface area contributed by atoms with E-state index >= 15 is 0 Å². The third-order valence-corrected chi connectivity index (χ3v) is 12.5. The number of aromatic nitrogens is 2. The molecule has 4 heterocycles. The van der Waals surface area contributed by atoms with Gasteiger partial charge in [0.1, 0.15) is 11.4 Å². The summed E-state index contributed by atoms with van der Waals surface area (Å²) >= 11 is 1.82. The van der Waals surface area contributed by atoms with Crippen molar-refractivity contribution < 1.29 is 28.9 Å². The van der Waals surface area contributed by atoms with E-state index in [1.54, 1.807) is 6.07 Å². The van der Waals surface area contributed by atoms with Crippen molar-refractivity contribution in [2.24, 2.45) is 0 Å². The number of hydrogen-bond donors (Lipinski definition) is 0. The molecule has 0 atom stereocenters. The van der Waals surface area contributed by atoms with Crippen molar-refractivity contribution in [3.05, 3.63) is 162 Å². The molecule has 7 heteroatoms. The van der Waals surface area contributed by atoms with Crippen molar-refractivity contribution in [1.29, 1.82) is 0 Å². The Morgan fingerprint density at radius 2 is 1.52 bits per heavy atom. The van der Waals surface area contributed by atoms with Gasteiger partial charge in [-0.1, -0.05) is 103 Å². The largest absolute Gasteiger partial charge is 0.500 e. The molecule has 0 saturated heterocycles. The van der Waals surface area contributed by atoms with Gasteiger partial charge in [-0.2, -0.15) is 11.3 Å². The molecule has 0 unspecified atom stereocenters. The van der Waals surface area contributed by atoms with Crippen LogP contribution in [0.5, 0.6) is 0 Å². The molecule has 259 valence electrons. The number of aryl methyl sites for hydroxylation is 1. The van der Waals surface area contributed by atoms with Crippen LogP contribution in [0, 0.1) is 24.9 Å². The van der Waals surface area contributed by atoms with Crippen LogP contribution in [0.1, 0.15) is 16.7 Å². The van der Waals surface area contributed by atoms with E-state index in [2.05, 4.69) is 123 Å². The average Bonchev–Trinajstić information content (AvgIpc) is 3.70. The molecule has 9 rings (SSSR count). The molecule has 1 radical (unpaired) electrons. The summed E-state index contributed by atoms with van der Waals surface area (Å²) in [7, 11) is -1.38. The molecular weight excluding hydrogens is 856 g/mol. The standard InChI is InChI=1S/C25H18NS.C20H17FNOSi.Ir/c1-17-16-26-23(15-20(17)13-18-7-3-2-4-8-18)19-11-12-25-22(14-19)21-9-5-6-10-24(21)27-25;1-24(2,3)14-8-10-18(22-12-14)17-6-4-5-16-15-9-7-13(21)11-19(15)23-20(16)17;/h2-10,12,14-16H,13H2,1H3;4-5,7-12H,1-3H3;/q2*-1;. The van der Waals surface area contributed by atoms with E-state index in [0.717, 1.165) is 39.7 Å². The topological polar surface area (TPSA) is 38.9 Å². The van der Waals surface area contributed by atoms with Crippen LogP contribution >= 0.6 is 11.3 Å². The van der Waals surface area contributed by atoms with E-state index in [-0.39, 0.29) is 25.9 Å². The maximum atomic E-state index is 13.5. The molecule has 0 fully saturated rings. The normalized spacial score (nSPS) is 11.5. The molecule has 9 aromatic rings. The summed E-state index contributed by atoms with van der Waals surface area (Å²) in [5.74, 6) is -0.301. The van der Waals surface area contributed by atoms with Crippen LogP contribution in [0.3, 0.4) is 0 Å². The van der Waals surface area contributed by atoms with Crippen LogP contribution in [-0.2, 0) is 26.5 Å². The van der Waals surface area contributed by atoms with Crippen molar-refractivity contribution in [3.8, 4) is 22.5 Å². The number of nitrogens with zero attached hydrogens (tertiary/aromatic N) is 2. The molecule has 4 aromatic heterocycles. The monoisotopic (exact) mass is 891 g/mol. The first kappa shape index (κ1) is 35.6. The van der Waals surface area contributed by atoms with E-state index in [1.807, 2.05) is 41.9 Å². The zero-order valence-electron chi connectivity index (χ0n) is 29.3. The van der Waals surface area contributed by atoms with Crippen molar-refractivity contribution >= 4 is 66.7 Å². The van der Waals surface area contributed by atoms with Gasteiger partial charge in [-0.25, -0.2) is 4.39 Å². The van der Waals surface area contributed by atoms with E-state index in [0.29, 0.717) is 11.2 Å². The number of benzene rings is 5. The summed E-state index contributed by atoms with van der Waals surface area (Å²) in [6, 6.07) is 45.0. The molecular formula is C45H35FIrN2OSSi-2. The zero-order chi connectivity index (χ0) is 35.1. The fourth-order valence-corrected chi connectivity index (χ4v) is 8.53.